The maximum absolute atomic E-state index is 12.3. The van der Waals surface area contributed by atoms with Crippen LogP contribution in [0.2, 0.25) is 0 Å². The first kappa shape index (κ1) is 11.2. The zero-order valence-electron chi connectivity index (χ0n) is 10.1. The van der Waals surface area contributed by atoms with E-state index in [4.69, 9.17) is 0 Å². The van der Waals surface area contributed by atoms with E-state index in [0.717, 1.165) is 6.26 Å². The molecule has 0 aliphatic carbocycles. The number of benzene rings is 1. The Morgan fingerprint density at radius 3 is 2.84 bits per heavy atom. The Kier molecular flexibility index (Phi) is 2.26. The van der Waals surface area contributed by atoms with Crippen molar-refractivity contribution in [2.45, 2.75) is 6.92 Å². The molecule has 5 nitrogen and oxygen atoms in total. The Morgan fingerprint density at radius 2 is 2.16 bits per heavy atom. The molecular weight excluding hydrogens is 242 g/mol. The number of aliphatic hydroxyl groups is 1. The summed E-state index contributed by atoms with van der Waals surface area (Å²) < 4.78 is 1.36. The first-order chi connectivity index (χ1) is 9.19. The van der Waals surface area contributed by atoms with Crippen LogP contribution in [0.5, 0.6) is 0 Å². The van der Waals surface area contributed by atoms with Gasteiger partial charge in [0.2, 0.25) is 0 Å². The van der Waals surface area contributed by atoms with Crippen molar-refractivity contribution in [3.63, 3.8) is 0 Å². The molecule has 5 heteroatoms. The van der Waals surface area contributed by atoms with E-state index in [2.05, 4.69) is 4.98 Å². The molecule has 0 aliphatic heterocycles. The van der Waals surface area contributed by atoms with Crippen LogP contribution >= 0.6 is 0 Å². The molecule has 0 radical (unpaired) electrons. The highest BCUT2D eigenvalue weighted by molar-refractivity contribution is 5.82. The fourth-order valence-electron chi connectivity index (χ4n) is 2.27. The molecule has 3 rings (SSSR count). The number of aliphatic hydroxyl groups excluding tert-OH is 1. The summed E-state index contributed by atoms with van der Waals surface area (Å²) in [6.07, 6.45) is 0.743. The fraction of sp³-hybridized carbons (Fsp3) is 0.0714. The van der Waals surface area contributed by atoms with Crippen molar-refractivity contribution < 1.29 is 5.11 Å². The van der Waals surface area contributed by atoms with Crippen molar-refractivity contribution in [2.75, 3.05) is 0 Å². The van der Waals surface area contributed by atoms with Crippen molar-refractivity contribution >= 4 is 22.9 Å². The summed E-state index contributed by atoms with van der Waals surface area (Å²) in [5.41, 5.74) is 1.97. The molecule has 0 fully saturated rings. The molecule has 0 amide bonds. The molecule has 0 saturated carbocycles. The summed E-state index contributed by atoms with van der Waals surface area (Å²) >= 11 is 0. The predicted molar refractivity (Wildman–Crippen MR) is 70.7 cm³/mol. The second-order valence-electron chi connectivity index (χ2n) is 4.22. The molecule has 19 heavy (non-hydrogen) atoms. The number of rotatable bonds is 0. The van der Waals surface area contributed by atoms with Gasteiger partial charge in [-0.3, -0.25) is 9.20 Å². The number of imidazole rings is 1. The van der Waals surface area contributed by atoms with Gasteiger partial charge in [0.1, 0.15) is 6.07 Å². The third kappa shape index (κ3) is 1.34. The predicted octanol–water partition coefficient (Wildman–Crippen LogP) is 1.04. The average molecular weight is 251 g/mol. The summed E-state index contributed by atoms with van der Waals surface area (Å²) in [6.45, 7) is 1.63. The smallest absolute Gasteiger partial charge is 0.267 e. The van der Waals surface area contributed by atoms with E-state index in [9.17, 15) is 15.2 Å². The number of hydrogen-bond donors (Lipinski definition) is 1. The highest BCUT2D eigenvalue weighted by atomic mass is 16.2. The van der Waals surface area contributed by atoms with Gasteiger partial charge in [-0.1, -0.05) is 12.1 Å². The molecule has 1 N–H and O–H groups in total. The van der Waals surface area contributed by atoms with Crippen molar-refractivity contribution in [2.24, 2.45) is 0 Å². The van der Waals surface area contributed by atoms with E-state index in [1.54, 1.807) is 25.1 Å². The number of pyridine rings is 1. The third-order valence-electron chi connectivity index (χ3n) is 3.24. The minimum absolute atomic E-state index is 0.118. The van der Waals surface area contributed by atoms with Crippen LogP contribution in [-0.4, -0.2) is 14.5 Å². The van der Waals surface area contributed by atoms with Gasteiger partial charge in [0.25, 0.3) is 5.56 Å². The lowest BCUT2D eigenvalue weighted by Gasteiger charge is -2.01. The molecular formula is C14H9N3O2. The van der Waals surface area contributed by atoms with Crippen molar-refractivity contribution in [3.8, 4) is 6.07 Å². The quantitative estimate of drug-likeness (QED) is 0.647. The maximum Gasteiger partial charge on any atom is 0.267 e. The van der Waals surface area contributed by atoms with Crippen LogP contribution < -0.4 is 10.8 Å². The molecule has 1 aromatic carbocycles. The minimum atomic E-state index is -0.372. The Morgan fingerprint density at radius 1 is 1.42 bits per heavy atom. The van der Waals surface area contributed by atoms with E-state index in [1.807, 2.05) is 12.1 Å². The van der Waals surface area contributed by atoms with Crippen LogP contribution in [0.1, 0.15) is 11.1 Å². The zero-order chi connectivity index (χ0) is 13.6. The summed E-state index contributed by atoms with van der Waals surface area (Å²) in [7, 11) is 0. The number of hydrogen-bond acceptors (Lipinski definition) is 4. The van der Waals surface area contributed by atoms with Crippen molar-refractivity contribution in [1.29, 1.82) is 5.26 Å². The highest BCUT2D eigenvalue weighted by Crippen LogP contribution is 2.17. The lowest BCUT2D eigenvalue weighted by Crippen LogP contribution is -2.34. The minimum Gasteiger partial charge on any atom is -0.515 e. The second kappa shape index (κ2) is 3.82. The van der Waals surface area contributed by atoms with Crippen LogP contribution in [0.3, 0.4) is 0 Å². The van der Waals surface area contributed by atoms with Gasteiger partial charge in [-0.25, -0.2) is 4.98 Å². The molecule has 0 aliphatic rings. The van der Waals surface area contributed by atoms with Gasteiger partial charge in [0.15, 0.2) is 5.65 Å². The lowest BCUT2D eigenvalue weighted by atomic mass is 10.1. The Bertz CT molecular complexity index is 964. The standard InChI is InChI=1S/C14H9N3O2/c1-8-9(6-15)13-16-11-4-2-3-5-12(11)17(13)14(19)10(8)7-18/h2-5,7,18H,1H3/b10-7-. The summed E-state index contributed by atoms with van der Waals surface area (Å²) in [4.78, 5) is 16.7. The monoisotopic (exact) mass is 251 g/mol. The topological polar surface area (TPSA) is 78.4 Å². The SMILES string of the molecule is Cc1c(C#N)c2nc3ccccc3n2c(=O)/c1=C\O. The number of aromatic nitrogens is 2. The molecule has 0 atom stereocenters. The zero-order valence-corrected chi connectivity index (χ0v) is 10.1. The Balaban J connectivity index is 2.78. The van der Waals surface area contributed by atoms with Crippen molar-refractivity contribution in [1.82, 2.24) is 9.38 Å². The number of fused-ring (bicyclic) bond motifs is 3. The first-order valence-electron chi connectivity index (χ1n) is 5.67. The van der Waals surface area contributed by atoms with Gasteiger partial charge in [-0.15, -0.1) is 0 Å². The molecule has 92 valence electrons. The molecule has 0 bridgehead atoms. The van der Waals surface area contributed by atoms with E-state index >= 15 is 0 Å². The fourth-order valence-corrected chi connectivity index (χ4v) is 2.27. The molecule has 3 aromatic rings. The molecule has 2 heterocycles. The van der Waals surface area contributed by atoms with Crippen LogP contribution in [0, 0.1) is 18.3 Å². The van der Waals surface area contributed by atoms with E-state index in [1.165, 1.54) is 4.40 Å². The molecule has 0 saturated heterocycles. The third-order valence-corrected chi connectivity index (χ3v) is 3.24. The molecule has 0 spiro atoms. The van der Waals surface area contributed by atoms with Crippen LogP contribution in [0.15, 0.2) is 29.1 Å². The van der Waals surface area contributed by atoms with Gasteiger partial charge in [-0.05, 0) is 24.6 Å². The van der Waals surface area contributed by atoms with Crippen LogP contribution in [-0.2, 0) is 0 Å². The number of nitriles is 1. The highest BCUT2D eigenvalue weighted by Gasteiger charge is 2.15. The summed E-state index contributed by atoms with van der Waals surface area (Å²) in [5, 5.41) is 18.6. The largest absolute Gasteiger partial charge is 0.515 e. The van der Waals surface area contributed by atoms with Crippen LogP contribution in [0.4, 0.5) is 0 Å². The van der Waals surface area contributed by atoms with E-state index in [0.29, 0.717) is 27.8 Å². The van der Waals surface area contributed by atoms with Gasteiger partial charge in [0, 0.05) is 0 Å². The lowest BCUT2D eigenvalue weighted by molar-refractivity contribution is 0.539. The number of nitrogens with zero attached hydrogens (tertiary/aromatic N) is 3. The van der Waals surface area contributed by atoms with Gasteiger partial charge in [-0.2, -0.15) is 5.26 Å². The summed E-state index contributed by atoms with van der Waals surface area (Å²) in [5.74, 6) is 0. The Hall–Kier alpha value is -2.87. The normalized spacial score (nSPS) is 12.1. The second-order valence-corrected chi connectivity index (χ2v) is 4.22. The van der Waals surface area contributed by atoms with Gasteiger partial charge >= 0.3 is 0 Å². The first-order valence-corrected chi connectivity index (χ1v) is 5.67. The van der Waals surface area contributed by atoms with Crippen LogP contribution in [0.25, 0.3) is 22.9 Å². The van der Waals surface area contributed by atoms with Gasteiger partial charge in [0.05, 0.1) is 28.1 Å². The van der Waals surface area contributed by atoms with E-state index < -0.39 is 0 Å². The molecule has 2 aromatic heterocycles. The number of para-hydroxylation sites is 2. The van der Waals surface area contributed by atoms with E-state index in [-0.39, 0.29) is 10.8 Å². The Labute approximate surface area is 107 Å². The van der Waals surface area contributed by atoms with Gasteiger partial charge < -0.3 is 5.11 Å². The molecule has 0 unspecified atom stereocenters. The van der Waals surface area contributed by atoms with Crippen molar-refractivity contribution in [3.05, 3.63) is 51.0 Å². The maximum atomic E-state index is 12.3. The average Bonchev–Trinajstić information content (AvgIpc) is 2.79. The summed E-state index contributed by atoms with van der Waals surface area (Å²) in [6, 6.07) is 9.20.